The summed E-state index contributed by atoms with van der Waals surface area (Å²) < 4.78 is 14.4. The van der Waals surface area contributed by atoms with Gasteiger partial charge < -0.3 is 5.11 Å². The summed E-state index contributed by atoms with van der Waals surface area (Å²) in [5.41, 5.74) is 4.83. The highest BCUT2D eigenvalue weighted by Gasteiger charge is 2.48. The lowest BCUT2D eigenvalue weighted by Gasteiger charge is -2.23. The van der Waals surface area contributed by atoms with Crippen LogP contribution in [0.5, 0.6) is 0 Å². The van der Waals surface area contributed by atoms with Crippen LogP contribution in [0.2, 0.25) is 0 Å². The highest BCUT2D eigenvalue weighted by atomic mass is 32.1. The number of ketones is 1. The van der Waals surface area contributed by atoms with E-state index in [4.69, 9.17) is 4.98 Å². The van der Waals surface area contributed by atoms with Gasteiger partial charge in [0.05, 0.1) is 21.8 Å². The summed E-state index contributed by atoms with van der Waals surface area (Å²) in [4.78, 5) is 32.8. The average molecular weight is 487 g/mol. The Bertz CT molecular complexity index is 1500. The summed E-state index contributed by atoms with van der Waals surface area (Å²) in [7, 11) is 0. The van der Waals surface area contributed by atoms with E-state index in [1.807, 2.05) is 57.2 Å². The van der Waals surface area contributed by atoms with Gasteiger partial charge in [0.15, 0.2) is 5.13 Å². The fourth-order valence-corrected chi connectivity index (χ4v) is 5.67. The third-order valence-corrected chi connectivity index (χ3v) is 7.29. The molecule has 7 heteroatoms. The maximum atomic E-state index is 13.5. The number of hydrogen-bond acceptors (Lipinski definition) is 5. The second-order valence-corrected chi connectivity index (χ2v) is 9.71. The number of fused-ring (bicyclic) bond motifs is 1. The molecular weight excluding hydrogens is 463 g/mol. The zero-order valence-corrected chi connectivity index (χ0v) is 20.3. The third-order valence-electron chi connectivity index (χ3n) is 6.29. The topological polar surface area (TPSA) is 70.5 Å². The summed E-state index contributed by atoms with van der Waals surface area (Å²) in [5, 5.41) is 11.5. The highest BCUT2D eigenvalue weighted by Crippen LogP contribution is 2.44. The van der Waals surface area contributed by atoms with Crippen LogP contribution in [0.3, 0.4) is 0 Å². The van der Waals surface area contributed by atoms with Crippen molar-refractivity contribution in [2.24, 2.45) is 0 Å². The maximum absolute atomic E-state index is 13.5. The predicted octanol–water partition coefficient (Wildman–Crippen LogP) is 6.24. The molecule has 1 N–H and O–H groups in total. The summed E-state index contributed by atoms with van der Waals surface area (Å²) in [5.74, 6) is -2.37. The van der Waals surface area contributed by atoms with Gasteiger partial charge in [0.2, 0.25) is 0 Å². The van der Waals surface area contributed by atoms with Crippen LogP contribution >= 0.6 is 11.3 Å². The number of aliphatic hydroxyl groups excluding tert-OH is 1. The van der Waals surface area contributed by atoms with Gasteiger partial charge in [-0.2, -0.15) is 0 Å². The van der Waals surface area contributed by atoms with Crippen molar-refractivity contribution in [3.05, 3.63) is 99.9 Å². The first-order valence-corrected chi connectivity index (χ1v) is 12.1. The molecule has 2 heterocycles. The second kappa shape index (κ2) is 8.74. The quantitative estimate of drug-likeness (QED) is 0.211. The molecule has 1 fully saturated rings. The number of aromatic nitrogens is 1. The Labute approximate surface area is 206 Å². The van der Waals surface area contributed by atoms with Gasteiger partial charge >= 0.3 is 5.91 Å². The molecule has 3 aromatic carbocycles. The number of aryl methyl sites for hydroxylation is 3. The molecule has 176 valence electrons. The van der Waals surface area contributed by atoms with Crippen LogP contribution in [0.15, 0.2) is 66.2 Å². The van der Waals surface area contributed by atoms with E-state index < -0.39 is 23.5 Å². The van der Waals surface area contributed by atoms with E-state index in [0.717, 1.165) is 33.3 Å². The van der Waals surface area contributed by atoms with Crippen LogP contribution in [0.4, 0.5) is 9.52 Å². The van der Waals surface area contributed by atoms with Crippen molar-refractivity contribution in [2.75, 3.05) is 4.90 Å². The minimum Gasteiger partial charge on any atom is -0.507 e. The van der Waals surface area contributed by atoms with Gasteiger partial charge in [-0.3, -0.25) is 14.5 Å². The van der Waals surface area contributed by atoms with E-state index in [1.54, 1.807) is 0 Å². The van der Waals surface area contributed by atoms with Gasteiger partial charge in [0, 0.05) is 5.56 Å². The van der Waals surface area contributed by atoms with Crippen LogP contribution in [0.25, 0.3) is 16.0 Å². The standard InChI is InChI=1S/C28H23FN2O3S/c1-4-17-5-7-18(8-6-17)24-22(25(32)19-9-11-20(29)12-10-19)26(33)27(34)31(24)28-30-23-16(3)13-15(2)14-21(23)35-28/h5-14,24,32H,4H2,1-3H3. The maximum Gasteiger partial charge on any atom is 0.301 e. The van der Waals surface area contributed by atoms with Gasteiger partial charge in [0.25, 0.3) is 5.78 Å². The summed E-state index contributed by atoms with van der Waals surface area (Å²) in [6.45, 7) is 6.00. The Morgan fingerprint density at radius 1 is 1.06 bits per heavy atom. The van der Waals surface area contributed by atoms with Crippen molar-refractivity contribution in [2.45, 2.75) is 33.2 Å². The molecule has 1 aliphatic heterocycles. The number of carbonyl (C=O) groups excluding carboxylic acids is 2. The first-order chi connectivity index (χ1) is 16.8. The molecule has 35 heavy (non-hydrogen) atoms. The van der Waals surface area contributed by atoms with Gasteiger partial charge in [-0.15, -0.1) is 0 Å². The monoisotopic (exact) mass is 486 g/mol. The van der Waals surface area contributed by atoms with E-state index in [1.165, 1.54) is 40.5 Å². The number of carbonyl (C=O) groups is 2. The minimum absolute atomic E-state index is 0.0435. The van der Waals surface area contributed by atoms with Gasteiger partial charge in [-0.05, 0) is 72.9 Å². The number of amides is 1. The lowest BCUT2D eigenvalue weighted by Crippen LogP contribution is -2.29. The lowest BCUT2D eigenvalue weighted by atomic mass is 9.94. The Balaban J connectivity index is 1.73. The molecule has 5 nitrogen and oxygen atoms in total. The molecule has 0 radical (unpaired) electrons. The largest absolute Gasteiger partial charge is 0.507 e. The molecule has 1 aromatic heterocycles. The number of Topliss-reactive ketones (excluding diaryl/α,β-unsaturated/α-hetero) is 1. The Morgan fingerprint density at radius 2 is 1.74 bits per heavy atom. The first kappa shape index (κ1) is 22.9. The molecule has 0 spiro atoms. The Morgan fingerprint density at radius 3 is 2.40 bits per heavy atom. The van der Waals surface area contributed by atoms with Gasteiger partial charge in [-0.1, -0.05) is 48.6 Å². The van der Waals surface area contributed by atoms with Crippen LogP contribution < -0.4 is 4.90 Å². The molecule has 1 saturated heterocycles. The summed E-state index contributed by atoms with van der Waals surface area (Å²) in [6.07, 6.45) is 0.840. The first-order valence-electron chi connectivity index (χ1n) is 11.3. The molecule has 0 bridgehead atoms. The Hall–Kier alpha value is -3.84. The van der Waals surface area contributed by atoms with Crippen LogP contribution in [-0.4, -0.2) is 21.8 Å². The molecule has 1 aliphatic rings. The van der Waals surface area contributed by atoms with Crippen LogP contribution in [0, 0.1) is 19.7 Å². The van der Waals surface area contributed by atoms with Gasteiger partial charge in [-0.25, -0.2) is 9.37 Å². The molecule has 4 aromatic rings. The van der Waals surface area contributed by atoms with E-state index in [0.29, 0.717) is 10.7 Å². The number of benzene rings is 3. The number of thiazole rings is 1. The average Bonchev–Trinajstić information content (AvgIpc) is 3.38. The van der Waals surface area contributed by atoms with Crippen molar-refractivity contribution >= 4 is 44.1 Å². The van der Waals surface area contributed by atoms with E-state index in [2.05, 4.69) is 0 Å². The van der Waals surface area contributed by atoms with Crippen molar-refractivity contribution < 1.29 is 19.1 Å². The SMILES string of the molecule is CCc1ccc(C2C(=C(O)c3ccc(F)cc3)C(=O)C(=O)N2c2nc3c(C)cc(C)cc3s2)cc1. The van der Waals surface area contributed by atoms with E-state index >= 15 is 0 Å². The van der Waals surface area contributed by atoms with Crippen molar-refractivity contribution in [1.82, 2.24) is 4.98 Å². The van der Waals surface area contributed by atoms with E-state index in [9.17, 15) is 19.1 Å². The smallest absolute Gasteiger partial charge is 0.301 e. The number of hydrogen-bond donors (Lipinski definition) is 1. The normalized spacial score (nSPS) is 17.5. The van der Waals surface area contributed by atoms with Crippen molar-refractivity contribution in [3.63, 3.8) is 0 Å². The molecule has 1 amide bonds. The summed E-state index contributed by atoms with van der Waals surface area (Å²) in [6, 6.07) is 16.0. The Kier molecular flexibility index (Phi) is 5.73. The van der Waals surface area contributed by atoms with Crippen molar-refractivity contribution in [3.8, 4) is 0 Å². The lowest BCUT2D eigenvalue weighted by molar-refractivity contribution is -0.132. The fraction of sp³-hybridized carbons (Fsp3) is 0.179. The molecule has 0 saturated carbocycles. The van der Waals surface area contributed by atoms with Crippen LogP contribution in [-0.2, 0) is 16.0 Å². The third kappa shape index (κ3) is 3.91. The molecule has 0 aliphatic carbocycles. The van der Waals surface area contributed by atoms with Gasteiger partial charge in [0.1, 0.15) is 11.6 Å². The number of aliphatic hydroxyl groups is 1. The number of halogens is 1. The fourth-order valence-electron chi connectivity index (χ4n) is 4.51. The molecule has 1 atom stereocenters. The molecule has 1 unspecified atom stereocenters. The number of nitrogens with zero attached hydrogens (tertiary/aromatic N) is 2. The van der Waals surface area contributed by atoms with Crippen molar-refractivity contribution in [1.29, 1.82) is 0 Å². The zero-order valence-electron chi connectivity index (χ0n) is 19.5. The number of rotatable bonds is 4. The predicted molar refractivity (Wildman–Crippen MR) is 136 cm³/mol. The second-order valence-electron chi connectivity index (χ2n) is 8.70. The minimum atomic E-state index is -0.868. The zero-order chi connectivity index (χ0) is 24.9. The highest BCUT2D eigenvalue weighted by molar-refractivity contribution is 7.22. The molecular formula is C28H23FN2O3S. The number of anilines is 1. The van der Waals surface area contributed by atoms with E-state index in [-0.39, 0.29) is 16.9 Å². The molecule has 5 rings (SSSR count). The van der Waals surface area contributed by atoms with Crippen LogP contribution in [0.1, 0.15) is 40.8 Å². The summed E-state index contributed by atoms with van der Waals surface area (Å²) >= 11 is 1.33.